The molecule has 0 bridgehead atoms. The van der Waals surface area contributed by atoms with E-state index in [0.717, 1.165) is 24.4 Å². The summed E-state index contributed by atoms with van der Waals surface area (Å²) in [6.45, 7) is 6.91. The summed E-state index contributed by atoms with van der Waals surface area (Å²) in [6.07, 6.45) is 26.4. The van der Waals surface area contributed by atoms with Gasteiger partial charge in [-0.3, -0.25) is 0 Å². The molecule has 2 fully saturated rings. The van der Waals surface area contributed by atoms with Gasteiger partial charge in [-0.2, -0.15) is 0 Å². The molecule has 2 aliphatic rings. The quantitative estimate of drug-likeness (QED) is 0.352. The monoisotopic (exact) mass is 346 g/mol. The third-order valence-corrected chi connectivity index (χ3v) is 6.57. The molecule has 0 aromatic heterocycles. The van der Waals surface area contributed by atoms with Crippen molar-refractivity contribution >= 4 is 0 Å². The Bertz CT molecular complexity index is 356. The second-order valence-electron chi connectivity index (χ2n) is 8.57. The van der Waals surface area contributed by atoms with Crippen molar-refractivity contribution in [1.29, 1.82) is 0 Å². The Morgan fingerprint density at radius 1 is 0.760 bits per heavy atom. The van der Waals surface area contributed by atoms with Crippen molar-refractivity contribution in [1.82, 2.24) is 0 Å². The normalized spacial score (nSPS) is 30.6. The fourth-order valence-corrected chi connectivity index (χ4v) is 4.77. The zero-order chi connectivity index (χ0) is 17.7. The number of allylic oxidation sites excluding steroid dienone is 2. The minimum absolute atomic E-state index is 0.530. The molecule has 0 atom stereocenters. The van der Waals surface area contributed by atoms with E-state index >= 15 is 0 Å². The molecule has 0 aromatic carbocycles. The lowest BCUT2D eigenvalue weighted by molar-refractivity contribution is 0.0324. The molecule has 0 aliphatic heterocycles. The largest absolute Gasteiger partial charge is 0.374 e. The number of hydrogen-bond acceptors (Lipinski definition) is 1. The van der Waals surface area contributed by atoms with Crippen LogP contribution in [0.25, 0.3) is 0 Å². The topological polar surface area (TPSA) is 9.23 Å². The van der Waals surface area contributed by atoms with Crippen LogP contribution in [0, 0.1) is 17.8 Å². The highest BCUT2D eigenvalue weighted by atomic mass is 16.5. The van der Waals surface area contributed by atoms with Crippen LogP contribution < -0.4 is 0 Å². The summed E-state index contributed by atoms with van der Waals surface area (Å²) in [4.78, 5) is 0. The van der Waals surface area contributed by atoms with Gasteiger partial charge in [0.25, 0.3) is 0 Å². The molecule has 0 radical (unpaired) electrons. The lowest BCUT2D eigenvalue weighted by atomic mass is 9.76. The molecule has 144 valence electrons. The van der Waals surface area contributed by atoms with Gasteiger partial charge in [0.05, 0.1) is 12.7 Å². The SMILES string of the molecule is C=CCC[C@H]1CC[C@H](CC[C@H]2CC[C@H](OC/C=C/CCC)CC2)CC1. The van der Waals surface area contributed by atoms with E-state index < -0.39 is 0 Å². The highest BCUT2D eigenvalue weighted by molar-refractivity contribution is 4.82. The smallest absolute Gasteiger partial charge is 0.0651 e. The van der Waals surface area contributed by atoms with Gasteiger partial charge < -0.3 is 4.74 Å². The molecule has 0 N–H and O–H groups in total. The van der Waals surface area contributed by atoms with Gasteiger partial charge in [0.15, 0.2) is 0 Å². The molecule has 1 heteroatoms. The average molecular weight is 347 g/mol. The van der Waals surface area contributed by atoms with Gasteiger partial charge in [-0.15, -0.1) is 6.58 Å². The second-order valence-corrected chi connectivity index (χ2v) is 8.57. The molecule has 2 saturated carbocycles. The summed E-state index contributed by atoms with van der Waals surface area (Å²) in [5.74, 6) is 3.00. The van der Waals surface area contributed by atoms with Crippen LogP contribution in [0.4, 0.5) is 0 Å². The molecular formula is C24H42O. The highest BCUT2D eigenvalue weighted by Crippen LogP contribution is 2.37. The van der Waals surface area contributed by atoms with Crippen LogP contribution >= 0.6 is 0 Å². The summed E-state index contributed by atoms with van der Waals surface area (Å²) < 4.78 is 6.02. The summed E-state index contributed by atoms with van der Waals surface area (Å²) in [5.41, 5.74) is 0. The minimum Gasteiger partial charge on any atom is -0.374 e. The van der Waals surface area contributed by atoms with E-state index in [0.29, 0.717) is 6.10 Å². The van der Waals surface area contributed by atoms with Crippen LogP contribution in [-0.2, 0) is 4.74 Å². The third kappa shape index (κ3) is 8.58. The summed E-state index contributed by atoms with van der Waals surface area (Å²) in [6, 6.07) is 0. The lowest BCUT2D eigenvalue weighted by Crippen LogP contribution is -2.22. The molecule has 0 spiro atoms. The van der Waals surface area contributed by atoms with Crippen LogP contribution in [0.1, 0.15) is 96.8 Å². The predicted molar refractivity (Wildman–Crippen MR) is 110 cm³/mol. The number of rotatable bonds is 11. The molecule has 1 nitrogen and oxygen atoms in total. The van der Waals surface area contributed by atoms with Crippen molar-refractivity contribution < 1.29 is 4.74 Å². The van der Waals surface area contributed by atoms with Crippen molar-refractivity contribution in [2.45, 2.75) is 103 Å². The number of unbranched alkanes of at least 4 members (excludes halogenated alkanes) is 1. The average Bonchev–Trinajstić information content (AvgIpc) is 2.66. The summed E-state index contributed by atoms with van der Waals surface area (Å²) >= 11 is 0. The molecule has 0 heterocycles. The van der Waals surface area contributed by atoms with E-state index in [-0.39, 0.29) is 0 Å². The first-order chi connectivity index (χ1) is 12.3. The molecule has 0 amide bonds. The Hall–Kier alpha value is -0.560. The van der Waals surface area contributed by atoms with Gasteiger partial charge in [0.1, 0.15) is 0 Å². The lowest BCUT2D eigenvalue weighted by Gasteiger charge is -2.32. The zero-order valence-corrected chi connectivity index (χ0v) is 16.8. The molecular weight excluding hydrogens is 304 g/mol. The van der Waals surface area contributed by atoms with Crippen molar-refractivity contribution in [2.24, 2.45) is 17.8 Å². The van der Waals surface area contributed by atoms with Crippen LogP contribution in [0.2, 0.25) is 0 Å². The van der Waals surface area contributed by atoms with E-state index in [1.165, 1.54) is 89.9 Å². The number of hydrogen-bond donors (Lipinski definition) is 0. The van der Waals surface area contributed by atoms with Crippen LogP contribution in [0.3, 0.4) is 0 Å². The zero-order valence-electron chi connectivity index (χ0n) is 16.8. The second kappa shape index (κ2) is 12.7. The van der Waals surface area contributed by atoms with Gasteiger partial charge in [-0.05, 0) is 62.7 Å². The summed E-state index contributed by atoms with van der Waals surface area (Å²) in [7, 11) is 0. The maximum atomic E-state index is 6.02. The van der Waals surface area contributed by atoms with Gasteiger partial charge in [0, 0.05) is 0 Å². The van der Waals surface area contributed by atoms with Crippen molar-refractivity contribution in [3.63, 3.8) is 0 Å². The first-order valence-corrected chi connectivity index (χ1v) is 11.2. The first-order valence-electron chi connectivity index (χ1n) is 11.2. The Kier molecular flexibility index (Phi) is 10.6. The van der Waals surface area contributed by atoms with Gasteiger partial charge in [0.2, 0.25) is 0 Å². The maximum absolute atomic E-state index is 6.02. The fraction of sp³-hybridized carbons (Fsp3) is 0.833. The predicted octanol–water partition coefficient (Wildman–Crippen LogP) is 7.47. The molecule has 2 aliphatic carbocycles. The van der Waals surface area contributed by atoms with Crippen LogP contribution in [-0.4, -0.2) is 12.7 Å². The molecule has 0 unspecified atom stereocenters. The van der Waals surface area contributed by atoms with E-state index in [4.69, 9.17) is 4.74 Å². The Morgan fingerprint density at radius 2 is 1.32 bits per heavy atom. The molecule has 0 saturated heterocycles. The standard InChI is InChI=1S/C24H42O/c1-3-5-7-8-20-25-24-18-16-23(17-19-24)15-14-22-12-10-21(11-13-22)9-6-4-2/h4,7-8,21-24H,2-3,5-6,9-20H2,1H3/b8-7+/t21-,22-,23-,24-. The van der Waals surface area contributed by atoms with Crippen LogP contribution in [0.5, 0.6) is 0 Å². The molecule has 25 heavy (non-hydrogen) atoms. The van der Waals surface area contributed by atoms with Crippen LogP contribution in [0.15, 0.2) is 24.8 Å². The number of ether oxygens (including phenoxy) is 1. The maximum Gasteiger partial charge on any atom is 0.0651 e. The Morgan fingerprint density at radius 3 is 1.88 bits per heavy atom. The Balaban J connectivity index is 1.50. The first kappa shape index (κ1) is 20.7. The van der Waals surface area contributed by atoms with Gasteiger partial charge in [-0.1, -0.05) is 70.1 Å². The van der Waals surface area contributed by atoms with E-state index in [1.807, 2.05) is 0 Å². The molecule has 2 rings (SSSR count). The molecule has 0 aromatic rings. The van der Waals surface area contributed by atoms with Gasteiger partial charge >= 0.3 is 0 Å². The van der Waals surface area contributed by atoms with Crippen molar-refractivity contribution in [2.75, 3.05) is 6.61 Å². The van der Waals surface area contributed by atoms with E-state index in [1.54, 1.807) is 0 Å². The van der Waals surface area contributed by atoms with E-state index in [9.17, 15) is 0 Å². The van der Waals surface area contributed by atoms with Gasteiger partial charge in [-0.25, -0.2) is 0 Å². The third-order valence-electron chi connectivity index (χ3n) is 6.57. The fourth-order valence-electron chi connectivity index (χ4n) is 4.77. The minimum atomic E-state index is 0.530. The van der Waals surface area contributed by atoms with E-state index in [2.05, 4.69) is 31.7 Å². The summed E-state index contributed by atoms with van der Waals surface area (Å²) in [5, 5.41) is 0. The van der Waals surface area contributed by atoms with Crippen molar-refractivity contribution in [3.05, 3.63) is 24.8 Å². The Labute approximate surface area is 157 Å². The highest BCUT2D eigenvalue weighted by Gasteiger charge is 2.24. The van der Waals surface area contributed by atoms with Crippen molar-refractivity contribution in [3.8, 4) is 0 Å².